The molecule has 1 aliphatic heterocycles. The Bertz CT molecular complexity index is 598. The van der Waals surface area contributed by atoms with Crippen molar-refractivity contribution in [2.45, 2.75) is 6.04 Å². The van der Waals surface area contributed by atoms with Crippen LogP contribution in [0.15, 0.2) is 60.7 Å². The number of piperazine rings is 1. The minimum atomic E-state index is 0.0770. The van der Waals surface area contributed by atoms with Crippen LogP contribution in [0.3, 0.4) is 0 Å². The molecule has 1 saturated heterocycles. The Hall–Kier alpha value is -2.17. The van der Waals surface area contributed by atoms with Gasteiger partial charge in [-0.3, -0.25) is 9.69 Å². The molecule has 0 radical (unpaired) electrons. The minimum absolute atomic E-state index is 0.0770. The molecule has 3 rings (SSSR count). The molecule has 4 nitrogen and oxygen atoms in total. The lowest BCUT2D eigenvalue weighted by molar-refractivity contribution is -0.137. The van der Waals surface area contributed by atoms with Gasteiger partial charge in [-0.15, -0.1) is 0 Å². The second-order valence-corrected chi connectivity index (χ2v) is 6.07. The van der Waals surface area contributed by atoms with Gasteiger partial charge in [0.1, 0.15) is 6.61 Å². The van der Waals surface area contributed by atoms with Crippen molar-refractivity contribution in [1.82, 2.24) is 9.80 Å². The van der Waals surface area contributed by atoms with E-state index in [9.17, 15) is 4.79 Å². The first-order chi connectivity index (χ1) is 11.8. The zero-order chi connectivity index (χ0) is 16.8. The Kier molecular flexibility index (Phi) is 5.62. The summed E-state index contributed by atoms with van der Waals surface area (Å²) in [6.45, 7) is 3.39. The number of nitrogens with zero attached hydrogens (tertiary/aromatic N) is 2. The van der Waals surface area contributed by atoms with Gasteiger partial charge < -0.3 is 9.64 Å². The summed E-state index contributed by atoms with van der Waals surface area (Å²) in [6.07, 6.45) is 0. The lowest BCUT2D eigenvalue weighted by Crippen LogP contribution is -2.50. The number of ether oxygens (including phenoxy) is 1. The third-order valence-electron chi connectivity index (χ3n) is 4.53. The Morgan fingerprint density at radius 2 is 1.42 bits per heavy atom. The van der Waals surface area contributed by atoms with Gasteiger partial charge in [-0.25, -0.2) is 0 Å². The summed E-state index contributed by atoms with van der Waals surface area (Å²) < 4.78 is 4.96. The molecule has 4 heteroatoms. The molecule has 1 amide bonds. The van der Waals surface area contributed by atoms with E-state index in [1.54, 1.807) is 7.11 Å². The standard InChI is InChI=1S/C20H24N2O2/c1-24-16-19(23)21-12-14-22(15-13-21)20(17-8-4-2-5-9-17)18-10-6-3-7-11-18/h2-11,20H,12-16H2,1H3. The van der Waals surface area contributed by atoms with Crippen LogP contribution in [-0.4, -0.2) is 55.6 Å². The predicted octanol–water partition coefficient (Wildman–Crippen LogP) is 2.57. The number of methoxy groups -OCH3 is 1. The van der Waals surface area contributed by atoms with Crippen LogP contribution in [0.25, 0.3) is 0 Å². The van der Waals surface area contributed by atoms with Crippen molar-refractivity contribution in [1.29, 1.82) is 0 Å². The molecule has 0 unspecified atom stereocenters. The van der Waals surface area contributed by atoms with Gasteiger partial charge in [0.2, 0.25) is 5.91 Å². The maximum absolute atomic E-state index is 12.0. The van der Waals surface area contributed by atoms with Gasteiger partial charge in [-0.2, -0.15) is 0 Å². The molecule has 2 aromatic carbocycles. The normalized spacial score (nSPS) is 15.7. The average Bonchev–Trinajstić information content (AvgIpc) is 2.64. The molecule has 0 spiro atoms. The highest BCUT2D eigenvalue weighted by molar-refractivity contribution is 5.77. The summed E-state index contributed by atoms with van der Waals surface area (Å²) in [4.78, 5) is 16.4. The second-order valence-electron chi connectivity index (χ2n) is 6.07. The van der Waals surface area contributed by atoms with Crippen molar-refractivity contribution in [3.63, 3.8) is 0 Å². The van der Waals surface area contributed by atoms with Crippen molar-refractivity contribution >= 4 is 5.91 Å². The van der Waals surface area contributed by atoms with Crippen molar-refractivity contribution in [2.75, 3.05) is 39.9 Å². The van der Waals surface area contributed by atoms with Gasteiger partial charge >= 0.3 is 0 Å². The first kappa shape index (κ1) is 16.7. The van der Waals surface area contributed by atoms with Crippen molar-refractivity contribution < 1.29 is 9.53 Å². The van der Waals surface area contributed by atoms with E-state index in [0.29, 0.717) is 0 Å². The monoisotopic (exact) mass is 324 g/mol. The molecule has 2 aromatic rings. The SMILES string of the molecule is COCC(=O)N1CCN(C(c2ccccc2)c2ccccc2)CC1. The quantitative estimate of drug-likeness (QED) is 0.847. The molecular weight excluding hydrogens is 300 g/mol. The van der Waals surface area contributed by atoms with Gasteiger partial charge in [0, 0.05) is 33.3 Å². The summed E-state index contributed by atoms with van der Waals surface area (Å²) in [6, 6.07) is 21.4. The second kappa shape index (κ2) is 8.08. The van der Waals surface area contributed by atoms with Crippen LogP contribution in [0.1, 0.15) is 17.2 Å². The largest absolute Gasteiger partial charge is 0.375 e. The molecule has 1 aliphatic rings. The molecule has 126 valence electrons. The van der Waals surface area contributed by atoms with Crippen LogP contribution in [0.2, 0.25) is 0 Å². The number of hydrogen-bond acceptors (Lipinski definition) is 3. The molecule has 0 N–H and O–H groups in total. The molecule has 0 aromatic heterocycles. The highest BCUT2D eigenvalue weighted by Gasteiger charge is 2.27. The molecule has 0 bridgehead atoms. The van der Waals surface area contributed by atoms with Gasteiger partial charge in [-0.1, -0.05) is 60.7 Å². The van der Waals surface area contributed by atoms with Crippen LogP contribution in [0, 0.1) is 0 Å². The van der Waals surface area contributed by atoms with Crippen molar-refractivity contribution in [3.05, 3.63) is 71.8 Å². The molecular formula is C20H24N2O2. The lowest BCUT2D eigenvalue weighted by Gasteiger charge is -2.39. The van der Waals surface area contributed by atoms with Crippen LogP contribution in [0.4, 0.5) is 0 Å². The third-order valence-corrected chi connectivity index (χ3v) is 4.53. The topological polar surface area (TPSA) is 32.8 Å². The number of hydrogen-bond donors (Lipinski definition) is 0. The molecule has 24 heavy (non-hydrogen) atoms. The predicted molar refractivity (Wildman–Crippen MR) is 94.8 cm³/mol. The molecule has 0 atom stereocenters. The smallest absolute Gasteiger partial charge is 0.248 e. The Morgan fingerprint density at radius 1 is 0.917 bits per heavy atom. The minimum Gasteiger partial charge on any atom is -0.375 e. The fraction of sp³-hybridized carbons (Fsp3) is 0.350. The summed E-state index contributed by atoms with van der Waals surface area (Å²) >= 11 is 0. The zero-order valence-corrected chi connectivity index (χ0v) is 14.1. The number of amides is 1. The number of carbonyl (C=O) groups is 1. The average molecular weight is 324 g/mol. The van der Waals surface area contributed by atoms with E-state index in [4.69, 9.17) is 4.74 Å². The number of benzene rings is 2. The summed E-state index contributed by atoms with van der Waals surface area (Å²) in [5.41, 5.74) is 2.58. The van der Waals surface area contributed by atoms with E-state index in [0.717, 1.165) is 26.2 Å². The van der Waals surface area contributed by atoms with E-state index in [-0.39, 0.29) is 18.6 Å². The lowest BCUT2D eigenvalue weighted by atomic mass is 9.96. The number of rotatable bonds is 5. The first-order valence-electron chi connectivity index (χ1n) is 8.40. The maximum Gasteiger partial charge on any atom is 0.248 e. The summed E-state index contributed by atoms with van der Waals surface area (Å²) in [5.74, 6) is 0.0770. The van der Waals surface area contributed by atoms with Gasteiger partial charge in [-0.05, 0) is 11.1 Å². The zero-order valence-electron chi connectivity index (χ0n) is 14.1. The molecule has 0 aliphatic carbocycles. The van der Waals surface area contributed by atoms with Crippen molar-refractivity contribution in [3.8, 4) is 0 Å². The van der Waals surface area contributed by atoms with Gasteiger partial charge in [0.05, 0.1) is 6.04 Å². The maximum atomic E-state index is 12.0. The highest BCUT2D eigenvalue weighted by Crippen LogP contribution is 2.29. The van der Waals surface area contributed by atoms with E-state index in [1.165, 1.54) is 11.1 Å². The fourth-order valence-corrected chi connectivity index (χ4v) is 3.33. The fourth-order valence-electron chi connectivity index (χ4n) is 3.33. The van der Waals surface area contributed by atoms with Gasteiger partial charge in [0.15, 0.2) is 0 Å². The van der Waals surface area contributed by atoms with E-state index >= 15 is 0 Å². The molecule has 0 saturated carbocycles. The van der Waals surface area contributed by atoms with E-state index in [1.807, 2.05) is 17.0 Å². The molecule has 1 fully saturated rings. The summed E-state index contributed by atoms with van der Waals surface area (Å²) in [5, 5.41) is 0. The highest BCUT2D eigenvalue weighted by atomic mass is 16.5. The third kappa shape index (κ3) is 3.83. The Balaban J connectivity index is 1.77. The van der Waals surface area contributed by atoms with Crippen molar-refractivity contribution in [2.24, 2.45) is 0 Å². The van der Waals surface area contributed by atoms with E-state index in [2.05, 4.69) is 53.4 Å². The van der Waals surface area contributed by atoms with Crippen LogP contribution >= 0.6 is 0 Å². The summed E-state index contributed by atoms with van der Waals surface area (Å²) in [7, 11) is 1.56. The molecule has 1 heterocycles. The van der Waals surface area contributed by atoms with Crippen LogP contribution < -0.4 is 0 Å². The first-order valence-corrected chi connectivity index (χ1v) is 8.40. The Labute approximate surface area is 143 Å². The Morgan fingerprint density at radius 3 is 1.88 bits per heavy atom. The number of carbonyl (C=O) groups excluding carboxylic acids is 1. The van der Waals surface area contributed by atoms with E-state index < -0.39 is 0 Å². The van der Waals surface area contributed by atoms with Crippen LogP contribution in [0.5, 0.6) is 0 Å². The van der Waals surface area contributed by atoms with Gasteiger partial charge in [0.25, 0.3) is 0 Å². The van der Waals surface area contributed by atoms with Crippen LogP contribution in [-0.2, 0) is 9.53 Å².